The van der Waals surface area contributed by atoms with E-state index in [0.717, 1.165) is 44.1 Å². The van der Waals surface area contributed by atoms with Crippen LogP contribution in [0.5, 0.6) is 11.5 Å². The lowest BCUT2D eigenvalue weighted by atomic mass is 9.84. The molecule has 5 nitrogen and oxygen atoms in total. The maximum Gasteiger partial charge on any atom is 0.253 e. The van der Waals surface area contributed by atoms with Gasteiger partial charge in [0.1, 0.15) is 0 Å². The zero-order valence-corrected chi connectivity index (χ0v) is 20.2. The van der Waals surface area contributed by atoms with Gasteiger partial charge in [-0.05, 0) is 49.4 Å². The third kappa shape index (κ3) is 6.97. The number of carbonyl (C=O) groups excluding carboxylic acids is 1. The van der Waals surface area contributed by atoms with Crippen molar-refractivity contribution in [3.63, 3.8) is 0 Å². The lowest BCUT2D eigenvalue weighted by molar-refractivity contribution is -0.0211. The molecule has 1 fully saturated rings. The quantitative estimate of drug-likeness (QED) is 0.404. The van der Waals surface area contributed by atoms with Crippen LogP contribution in [0.15, 0.2) is 48.5 Å². The fourth-order valence-electron chi connectivity index (χ4n) is 4.24. The number of benzene rings is 2. The van der Waals surface area contributed by atoms with Crippen LogP contribution in [-0.2, 0) is 5.60 Å². The second kappa shape index (κ2) is 12.6. The van der Waals surface area contributed by atoms with Gasteiger partial charge in [-0.3, -0.25) is 4.79 Å². The first kappa shape index (κ1) is 25.1. The van der Waals surface area contributed by atoms with Crippen LogP contribution in [0.2, 0.25) is 0 Å². The fraction of sp³-hybridized carbons (Fsp3) is 0.536. The van der Waals surface area contributed by atoms with Gasteiger partial charge >= 0.3 is 0 Å². The van der Waals surface area contributed by atoms with Crippen LogP contribution < -0.4 is 9.47 Å². The van der Waals surface area contributed by atoms with Crippen molar-refractivity contribution in [3.8, 4) is 11.5 Å². The number of amides is 1. The van der Waals surface area contributed by atoms with Crippen LogP contribution in [0.4, 0.5) is 0 Å². The lowest BCUT2D eigenvalue weighted by Crippen LogP contribution is -2.45. The average Bonchev–Trinajstić information content (AvgIpc) is 2.85. The highest BCUT2D eigenvalue weighted by molar-refractivity contribution is 5.95. The van der Waals surface area contributed by atoms with Gasteiger partial charge in [0.15, 0.2) is 11.5 Å². The van der Waals surface area contributed by atoms with Crippen LogP contribution in [0.3, 0.4) is 0 Å². The van der Waals surface area contributed by atoms with Gasteiger partial charge in [0.25, 0.3) is 5.91 Å². The zero-order chi connectivity index (χ0) is 23.5. The summed E-state index contributed by atoms with van der Waals surface area (Å²) in [5, 5.41) is 11.1. The van der Waals surface area contributed by atoms with E-state index in [1.54, 1.807) is 0 Å². The molecule has 3 rings (SSSR count). The first-order valence-corrected chi connectivity index (χ1v) is 12.5. The molecule has 1 saturated heterocycles. The summed E-state index contributed by atoms with van der Waals surface area (Å²) in [7, 11) is 0. The summed E-state index contributed by atoms with van der Waals surface area (Å²) in [6.07, 6.45) is 7.57. The fourth-order valence-corrected chi connectivity index (χ4v) is 4.24. The summed E-state index contributed by atoms with van der Waals surface area (Å²) in [4.78, 5) is 15.1. The van der Waals surface area contributed by atoms with E-state index in [1.807, 2.05) is 53.4 Å². The largest absolute Gasteiger partial charge is 0.490 e. The normalized spacial score (nSPS) is 15.3. The number of nitrogens with zero attached hydrogens (tertiary/aromatic N) is 1. The number of hydrogen-bond acceptors (Lipinski definition) is 4. The number of unbranched alkanes of at least 4 members (excludes halogenated alkanes) is 4. The molecule has 0 aromatic heterocycles. The molecular weight excluding hydrogens is 414 g/mol. The van der Waals surface area contributed by atoms with E-state index in [4.69, 9.17) is 9.47 Å². The average molecular weight is 454 g/mol. The molecule has 33 heavy (non-hydrogen) atoms. The molecule has 0 aliphatic carbocycles. The van der Waals surface area contributed by atoms with E-state index in [-0.39, 0.29) is 5.91 Å². The Morgan fingerprint density at radius 3 is 2.09 bits per heavy atom. The smallest absolute Gasteiger partial charge is 0.253 e. The Labute approximate surface area is 198 Å². The molecule has 5 heteroatoms. The third-order valence-corrected chi connectivity index (χ3v) is 6.39. The predicted octanol–water partition coefficient (Wildman–Crippen LogP) is 5.95. The number of piperidine rings is 1. The minimum atomic E-state index is -0.873. The van der Waals surface area contributed by atoms with Gasteiger partial charge < -0.3 is 19.5 Å². The van der Waals surface area contributed by atoms with E-state index >= 15 is 0 Å². The third-order valence-electron chi connectivity index (χ3n) is 6.39. The van der Waals surface area contributed by atoms with Gasteiger partial charge in [0.05, 0.1) is 18.8 Å². The second-order valence-electron chi connectivity index (χ2n) is 8.96. The number of ether oxygens (including phenoxy) is 2. The number of aliphatic hydroxyl groups is 1. The number of likely N-dealkylation sites (tertiary alicyclic amines) is 1. The minimum Gasteiger partial charge on any atom is -0.490 e. The topological polar surface area (TPSA) is 59.0 Å². The van der Waals surface area contributed by atoms with Crippen molar-refractivity contribution in [2.24, 2.45) is 0 Å². The highest BCUT2D eigenvalue weighted by atomic mass is 16.5. The summed E-state index contributed by atoms with van der Waals surface area (Å²) in [6.45, 7) is 6.64. The van der Waals surface area contributed by atoms with Gasteiger partial charge in [-0.1, -0.05) is 69.9 Å². The highest BCUT2D eigenvalue weighted by Gasteiger charge is 2.35. The summed E-state index contributed by atoms with van der Waals surface area (Å²) in [5.74, 6) is 1.32. The molecule has 0 atom stereocenters. The van der Waals surface area contributed by atoms with E-state index in [1.165, 1.54) is 0 Å². The zero-order valence-electron chi connectivity index (χ0n) is 20.2. The maximum atomic E-state index is 13.2. The summed E-state index contributed by atoms with van der Waals surface area (Å²) >= 11 is 0. The van der Waals surface area contributed by atoms with Crippen molar-refractivity contribution in [2.45, 2.75) is 70.8 Å². The van der Waals surface area contributed by atoms with E-state index in [0.29, 0.717) is 56.2 Å². The van der Waals surface area contributed by atoms with Gasteiger partial charge in [0, 0.05) is 18.7 Å². The molecule has 1 amide bonds. The molecule has 0 unspecified atom stereocenters. The van der Waals surface area contributed by atoms with Crippen molar-refractivity contribution < 1.29 is 19.4 Å². The van der Waals surface area contributed by atoms with Crippen molar-refractivity contribution in [1.29, 1.82) is 0 Å². The van der Waals surface area contributed by atoms with Crippen LogP contribution in [0.1, 0.15) is 81.1 Å². The maximum absolute atomic E-state index is 13.2. The van der Waals surface area contributed by atoms with Gasteiger partial charge in [-0.25, -0.2) is 0 Å². The number of hydrogen-bond donors (Lipinski definition) is 1. The van der Waals surface area contributed by atoms with Crippen molar-refractivity contribution in [1.82, 2.24) is 4.90 Å². The predicted molar refractivity (Wildman–Crippen MR) is 132 cm³/mol. The van der Waals surface area contributed by atoms with Gasteiger partial charge in [-0.15, -0.1) is 0 Å². The monoisotopic (exact) mass is 453 g/mol. The van der Waals surface area contributed by atoms with E-state index in [2.05, 4.69) is 13.8 Å². The van der Waals surface area contributed by atoms with E-state index < -0.39 is 5.60 Å². The first-order chi connectivity index (χ1) is 16.1. The standard InChI is InChI=1S/C28H39NO4/c1-3-5-10-20-32-25-15-14-23(22-26(25)33-21-11-6-4-2)27(30)29-18-16-28(31,17-19-29)24-12-8-7-9-13-24/h7-9,12-15,22,31H,3-6,10-11,16-21H2,1-2H3. The molecule has 180 valence electrons. The van der Waals surface area contributed by atoms with Crippen molar-refractivity contribution in [3.05, 3.63) is 59.7 Å². The Kier molecular flexibility index (Phi) is 9.61. The van der Waals surface area contributed by atoms with Crippen molar-refractivity contribution in [2.75, 3.05) is 26.3 Å². The highest BCUT2D eigenvalue weighted by Crippen LogP contribution is 2.34. The molecule has 1 heterocycles. The molecule has 0 radical (unpaired) electrons. The number of rotatable bonds is 12. The van der Waals surface area contributed by atoms with Gasteiger partial charge in [0.2, 0.25) is 0 Å². The first-order valence-electron chi connectivity index (χ1n) is 12.5. The molecule has 1 N–H and O–H groups in total. The molecule has 1 aliphatic heterocycles. The number of carbonyl (C=O) groups is 1. The molecule has 0 spiro atoms. The Hall–Kier alpha value is -2.53. The summed E-state index contributed by atoms with van der Waals surface area (Å²) < 4.78 is 12.0. The Balaban J connectivity index is 1.66. The molecule has 0 saturated carbocycles. The minimum absolute atomic E-state index is 0.0268. The summed E-state index contributed by atoms with van der Waals surface area (Å²) in [6, 6.07) is 15.3. The molecule has 0 bridgehead atoms. The van der Waals surface area contributed by atoms with Crippen molar-refractivity contribution >= 4 is 5.91 Å². The molecule has 2 aromatic rings. The van der Waals surface area contributed by atoms with Crippen LogP contribution in [0, 0.1) is 0 Å². The Bertz CT molecular complexity index is 859. The van der Waals surface area contributed by atoms with E-state index in [9.17, 15) is 9.90 Å². The summed E-state index contributed by atoms with van der Waals surface area (Å²) in [5.41, 5.74) is 0.651. The Morgan fingerprint density at radius 1 is 0.879 bits per heavy atom. The van der Waals surface area contributed by atoms with Crippen LogP contribution in [0.25, 0.3) is 0 Å². The molecular formula is C28H39NO4. The molecule has 2 aromatic carbocycles. The Morgan fingerprint density at radius 2 is 1.48 bits per heavy atom. The van der Waals surface area contributed by atoms with Crippen LogP contribution >= 0.6 is 0 Å². The van der Waals surface area contributed by atoms with Gasteiger partial charge in [-0.2, -0.15) is 0 Å². The SMILES string of the molecule is CCCCCOc1ccc(C(=O)N2CCC(O)(c3ccccc3)CC2)cc1OCCCCC. The lowest BCUT2D eigenvalue weighted by Gasteiger charge is -2.38. The van der Waals surface area contributed by atoms with Crippen LogP contribution in [-0.4, -0.2) is 42.2 Å². The molecule has 1 aliphatic rings. The second-order valence-corrected chi connectivity index (χ2v) is 8.96.